The number of fused-ring (bicyclic) bond motifs is 3. The van der Waals surface area contributed by atoms with Crippen molar-refractivity contribution in [3.05, 3.63) is 78.4 Å². The molecule has 0 N–H and O–H groups in total. The summed E-state index contributed by atoms with van der Waals surface area (Å²) in [6.45, 7) is 4.09. The maximum atomic E-state index is 4.82. The van der Waals surface area contributed by atoms with E-state index < -0.39 is 0 Å². The zero-order chi connectivity index (χ0) is 18.6. The summed E-state index contributed by atoms with van der Waals surface area (Å²) in [4.78, 5) is 13.9. The average molecular weight is 355 g/mol. The van der Waals surface area contributed by atoms with Gasteiger partial charge in [0, 0.05) is 29.9 Å². The SMILES string of the molecule is C/C=C\C(CCc1nc2c3cccnc3ccn2n1)=N/c1ccccc1C. The zero-order valence-corrected chi connectivity index (χ0v) is 15.5. The summed E-state index contributed by atoms with van der Waals surface area (Å²) in [5.74, 6) is 0.813. The number of aromatic nitrogens is 4. The second-order valence-electron chi connectivity index (χ2n) is 6.44. The molecule has 0 aliphatic carbocycles. The lowest BCUT2D eigenvalue weighted by atomic mass is 10.1. The van der Waals surface area contributed by atoms with Crippen LogP contribution in [0.15, 0.2) is 72.0 Å². The minimum absolute atomic E-state index is 0.735. The molecule has 134 valence electrons. The molecule has 27 heavy (non-hydrogen) atoms. The Balaban J connectivity index is 1.61. The van der Waals surface area contributed by atoms with Gasteiger partial charge in [-0.3, -0.25) is 9.98 Å². The number of benzene rings is 1. The lowest BCUT2D eigenvalue weighted by molar-refractivity contribution is 0.864. The van der Waals surface area contributed by atoms with Crippen molar-refractivity contribution in [3.63, 3.8) is 0 Å². The molecule has 0 atom stereocenters. The molecular formula is C22H21N5. The molecule has 5 heteroatoms. The monoisotopic (exact) mass is 355 g/mol. The van der Waals surface area contributed by atoms with Crippen molar-refractivity contribution in [2.45, 2.75) is 26.7 Å². The van der Waals surface area contributed by atoms with Gasteiger partial charge in [-0.2, -0.15) is 5.10 Å². The minimum Gasteiger partial charge on any atom is -0.256 e. The highest BCUT2D eigenvalue weighted by atomic mass is 15.3. The summed E-state index contributed by atoms with van der Waals surface area (Å²) in [7, 11) is 0. The first-order valence-corrected chi connectivity index (χ1v) is 9.09. The van der Waals surface area contributed by atoms with Crippen LogP contribution in [-0.2, 0) is 6.42 Å². The minimum atomic E-state index is 0.735. The van der Waals surface area contributed by atoms with E-state index in [1.807, 2.05) is 60.1 Å². The topological polar surface area (TPSA) is 55.4 Å². The molecule has 0 saturated heterocycles. The van der Waals surface area contributed by atoms with Gasteiger partial charge >= 0.3 is 0 Å². The maximum Gasteiger partial charge on any atom is 0.164 e. The molecule has 4 rings (SSSR count). The number of rotatable bonds is 5. The van der Waals surface area contributed by atoms with Crippen molar-refractivity contribution in [3.8, 4) is 0 Å². The summed E-state index contributed by atoms with van der Waals surface area (Å²) < 4.78 is 1.83. The summed E-state index contributed by atoms with van der Waals surface area (Å²) in [6, 6.07) is 14.1. The van der Waals surface area contributed by atoms with E-state index in [9.17, 15) is 0 Å². The van der Waals surface area contributed by atoms with Crippen LogP contribution >= 0.6 is 0 Å². The van der Waals surface area contributed by atoms with E-state index >= 15 is 0 Å². The molecule has 4 aromatic rings. The Morgan fingerprint density at radius 2 is 2.04 bits per heavy atom. The van der Waals surface area contributed by atoms with Crippen LogP contribution in [0.4, 0.5) is 5.69 Å². The van der Waals surface area contributed by atoms with E-state index in [0.717, 1.165) is 46.6 Å². The van der Waals surface area contributed by atoms with Crippen molar-refractivity contribution >= 4 is 27.9 Å². The molecule has 1 aromatic carbocycles. The van der Waals surface area contributed by atoms with E-state index in [1.54, 1.807) is 6.20 Å². The molecule has 0 radical (unpaired) electrons. The Morgan fingerprint density at radius 1 is 1.15 bits per heavy atom. The van der Waals surface area contributed by atoms with Crippen LogP contribution in [0.25, 0.3) is 16.6 Å². The average Bonchev–Trinajstić information content (AvgIpc) is 3.12. The first kappa shape index (κ1) is 17.1. The summed E-state index contributed by atoms with van der Waals surface area (Å²) in [5.41, 5.74) is 4.98. The molecule has 0 unspecified atom stereocenters. The van der Waals surface area contributed by atoms with Gasteiger partial charge in [-0.25, -0.2) is 9.50 Å². The number of aliphatic imine (C=N–C) groups is 1. The maximum absolute atomic E-state index is 4.82. The van der Waals surface area contributed by atoms with Crippen LogP contribution in [0.2, 0.25) is 0 Å². The number of para-hydroxylation sites is 1. The fraction of sp³-hybridized carbons (Fsp3) is 0.182. The van der Waals surface area contributed by atoms with Crippen LogP contribution < -0.4 is 0 Å². The van der Waals surface area contributed by atoms with Crippen LogP contribution in [0.3, 0.4) is 0 Å². The molecule has 0 aliphatic heterocycles. The van der Waals surface area contributed by atoms with E-state index in [4.69, 9.17) is 9.98 Å². The molecule has 0 amide bonds. The van der Waals surface area contributed by atoms with E-state index in [1.165, 1.54) is 5.56 Å². The normalized spacial score (nSPS) is 12.4. The van der Waals surface area contributed by atoms with Gasteiger partial charge in [0.15, 0.2) is 11.5 Å². The number of nitrogens with zero attached hydrogens (tertiary/aromatic N) is 5. The van der Waals surface area contributed by atoms with Gasteiger partial charge in [-0.05, 0) is 56.2 Å². The van der Waals surface area contributed by atoms with Gasteiger partial charge in [0.25, 0.3) is 0 Å². The quantitative estimate of drug-likeness (QED) is 0.480. The first-order chi connectivity index (χ1) is 13.2. The largest absolute Gasteiger partial charge is 0.256 e. The van der Waals surface area contributed by atoms with Gasteiger partial charge in [0.05, 0.1) is 11.2 Å². The summed E-state index contributed by atoms with van der Waals surface area (Å²) in [5, 5.41) is 5.63. The van der Waals surface area contributed by atoms with Crippen molar-refractivity contribution in [1.29, 1.82) is 0 Å². The Labute approximate surface area is 158 Å². The molecule has 0 aliphatic rings. The highest BCUT2D eigenvalue weighted by molar-refractivity contribution is 5.97. The number of hydrogen-bond acceptors (Lipinski definition) is 4. The fourth-order valence-electron chi connectivity index (χ4n) is 3.09. The third-order valence-electron chi connectivity index (χ3n) is 4.47. The third-order valence-corrected chi connectivity index (χ3v) is 4.47. The van der Waals surface area contributed by atoms with Crippen molar-refractivity contribution in [2.24, 2.45) is 4.99 Å². The van der Waals surface area contributed by atoms with Gasteiger partial charge in [-0.1, -0.05) is 24.3 Å². The first-order valence-electron chi connectivity index (χ1n) is 9.09. The van der Waals surface area contributed by atoms with Gasteiger partial charge in [0.1, 0.15) is 0 Å². The van der Waals surface area contributed by atoms with Crippen LogP contribution in [0, 0.1) is 6.92 Å². The van der Waals surface area contributed by atoms with Crippen molar-refractivity contribution in [2.75, 3.05) is 0 Å². The Morgan fingerprint density at radius 3 is 2.89 bits per heavy atom. The number of hydrogen-bond donors (Lipinski definition) is 0. The molecule has 5 nitrogen and oxygen atoms in total. The smallest absolute Gasteiger partial charge is 0.164 e. The number of allylic oxidation sites excluding steroid dienone is 2. The molecule has 0 spiro atoms. The molecule has 0 bridgehead atoms. The second kappa shape index (κ2) is 7.50. The summed E-state index contributed by atoms with van der Waals surface area (Å²) >= 11 is 0. The Kier molecular flexibility index (Phi) is 4.75. The highest BCUT2D eigenvalue weighted by Crippen LogP contribution is 2.19. The predicted octanol–water partition coefficient (Wildman–Crippen LogP) is 4.87. The molecule has 0 fully saturated rings. The molecule has 3 aromatic heterocycles. The molecule has 3 heterocycles. The molecule has 0 saturated carbocycles. The highest BCUT2D eigenvalue weighted by Gasteiger charge is 2.09. The third kappa shape index (κ3) is 3.62. The van der Waals surface area contributed by atoms with E-state index in [0.29, 0.717) is 0 Å². The second-order valence-corrected chi connectivity index (χ2v) is 6.44. The van der Waals surface area contributed by atoms with Gasteiger partial charge < -0.3 is 0 Å². The Bertz CT molecular complexity index is 1150. The predicted molar refractivity (Wildman–Crippen MR) is 110 cm³/mol. The van der Waals surface area contributed by atoms with Gasteiger partial charge in [-0.15, -0.1) is 0 Å². The summed E-state index contributed by atoms with van der Waals surface area (Å²) in [6.07, 6.45) is 9.30. The Hall–Kier alpha value is -3.34. The van der Waals surface area contributed by atoms with Crippen LogP contribution in [0.1, 0.15) is 24.7 Å². The van der Waals surface area contributed by atoms with E-state index in [2.05, 4.69) is 29.1 Å². The van der Waals surface area contributed by atoms with Crippen molar-refractivity contribution in [1.82, 2.24) is 19.6 Å². The zero-order valence-electron chi connectivity index (χ0n) is 15.5. The standard InChI is InChI=1S/C22H21N5/c1-3-7-17(24-19-10-5-4-8-16(19)2)11-12-21-25-22-18-9-6-14-23-20(18)13-15-27(22)26-21/h3-10,13-15H,11-12H2,1-2H3/b7-3-,24-17+. The molecular weight excluding hydrogens is 334 g/mol. The lowest BCUT2D eigenvalue weighted by Gasteiger charge is -2.03. The fourth-order valence-corrected chi connectivity index (χ4v) is 3.09. The number of pyridine rings is 2. The van der Waals surface area contributed by atoms with Gasteiger partial charge in [0.2, 0.25) is 0 Å². The van der Waals surface area contributed by atoms with E-state index in [-0.39, 0.29) is 0 Å². The number of aryl methyl sites for hydroxylation is 2. The lowest BCUT2D eigenvalue weighted by Crippen LogP contribution is -1.99. The van der Waals surface area contributed by atoms with Crippen LogP contribution in [-0.4, -0.2) is 25.3 Å². The van der Waals surface area contributed by atoms with Crippen molar-refractivity contribution < 1.29 is 0 Å². The van der Waals surface area contributed by atoms with Crippen LogP contribution in [0.5, 0.6) is 0 Å².